The quantitative estimate of drug-likeness (QED) is 0.499. The zero-order valence-electron chi connectivity index (χ0n) is 18.2. The van der Waals surface area contributed by atoms with Crippen LogP contribution in [0.25, 0.3) is 33.5 Å². The third-order valence-corrected chi connectivity index (χ3v) is 6.28. The molecule has 1 atom stereocenters. The highest BCUT2D eigenvalue weighted by Gasteiger charge is 2.23. The molecule has 0 saturated carbocycles. The Hall–Kier alpha value is -2.90. The largest absolute Gasteiger partial charge is 0.338 e. The molecule has 0 bridgehead atoms. The molecule has 0 radical (unpaired) electrons. The fraction of sp³-hybridized carbons (Fsp3) is 0.333. The number of nitrogens with two attached hydrogens (primary N) is 1. The lowest BCUT2D eigenvalue weighted by molar-refractivity contribution is 0.0709. The van der Waals surface area contributed by atoms with Gasteiger partial charge in [0.2, 0.25) is 0 Å². The van der Waals surface area contributed by atoms with Crippen LogP contribution in [0, 0.1) is 5.82 Å². The van der Waals surface area contributed by atoms with Gasteiger partial charge in [-0.3, -0.25) is 4.79 Å². The number of hydrogen-bond donors (Lipinski definition) is 1. The zero-order chi connectivity index (χ0) is 21.7. The van der Waals surface area contributed by atoms with E-state index in [0.29, 0.717) is 12.1 Å². The first-order valence-corrected chi connectivity index (χ1v) is 10.8. The molecule has 0 aliphatic carbocycles. The van der Waals surface area contributed by atoms with Crippen LogP contribution in [0.2, 0.25) is 0 Å². The van der Waals surface area contributed by atoms with Crippen molar-refractivity contribution in [2.75, 3.05) is 13.1 Å². The molecular formula is C24H27ClFN5O. The topological polar surface area (TPSA) is 69.1 Å². The van der Waals surface area contributed by atoms with Gasteiger partial charge in [-0.1, -0.05) is 0 Å². The zero-order valence-corrected chi connectivity index (χ0v) is 19.0. The van der Waals surface area contributed by atoms with Gasteiger partial charge >= 0.3 is 0 Å². The van der Waals surface area contributed by atoms with Gasteiger partial charge in [0.1, 0.15) is 5.82 Å². The van der Waals surface area contributed by atoms with Gasteiger partial charge in [0.05, 0.1) is 16.7 Å². The van der Waals surface area contributed by atoms with Crippen molar-refractivity contribution in [1.29, 1.82) is 0 Å². The van der Waals surface area contributed by atoms with Crippen LogP contribution in [-0.4, -0.2) is 44.1 Å². The van der Waals surface area contributed by atoms with E-state index in [9.17, 15) is 9.18 Å². The molecular weight excluding hydrogens is 429 g/mol. The highest BCUT2D eigenvalue weighted by atomic mass is 35.5. The molecule has 6 nitrogen and oxygen atoms in total. The predicted octanol–water partition coefficient (Wildman–Crippen LogP) is 4.34. The molecule has 0 spiro atoms. The maximum atomic E-state index is 13.8. The maximum absolute atomic E-state index is 13.8. The van der Waals surface area contributed by atoms with Crippen molar-refractivity contribution in [3.05, 3.63) is 53.8 Å². The number of amides is 1. The summed E-state index contributed by atoms with van der Waals surface area (Å²) < 4.78 is 17.9. The van der Waals surface area contributed by atoms with Crippen LogP contribution >= 0.6 is 12.4 Å². The van der Waals surface area contributed by atoms with Gasteiger partial charge in [0.25, 0.3) is 5.91 Å². The first-order chi connectivity index (χ1) is 15.0. The Labute approximate surface area is 192 Å². The first-order valence-electron chi connectivity index (χ1n) is 10.8. The Kier molecular flexibility index (Phi) is 5.97. The normalized spacial score (nSPS) is 16.5. The summed E-state index contributed by atoms with van der Waals surface area (Å²) in [5, 5.41) is 0.848. The van der Waals surface area contributed by atoms with Crippen LogP contribution in [0.3, 0.4) is 0 Å². The number of halogens is 2. The van der Waals surface area contributed by atoms with E-state index in [1.54, 1.807) is 12.1 Å². The molecule has 4 aromatic rings. The third-order valence-electron chi connectivity index (χ3n) is 6.28. The molecule has 1 fully saturated rings. The Balaban J connectivity index is 0.00000245. The number of carbonyl (C=O) groups is 1. The number of aromatic nitrogens is 3. The van der Waals surface area contributed by atoms with Crippen LogP contribution in [0.5, 0.6) is 0 Å². The Morgan fingerprint density at radius 1 is 1.19 bits per heavy atom. The van der Waals surface area contributed by atoms with E-state index in [1.807, 2.05) is 40.8 Å². The minimum atomic E-state index is -0.252. The van der Waals surface area contributed by atoms with Crippen LogP contribution < -0.4 is 5.73 Å². The Morgan fingerprint density at radius 2 is 1.97 bits per heavy atom. The standard InChI is InChI=1S/C24H26FN5O.ClH/c1-3-30-20-9-7-17(25)11-16(20)13-22(30)23-27-19-12-15(6-8-21(19)28(23)2)24(31)29-10-4-5-18(26)14-29;/h6-9,11-13,18H,3-5,10,14,26H2,1-2H3;1H/t18-;/m1./s1. The molecule has 32 heavy (non-hydrogen) atoms. The second kappa shape index (κ2) is 8.56. The summed E-state index contributed by atoms with van der Waals surface area (Å²) in [4.78, 5) is 19.7. The van der Waals surface area contributed by atoms with Crippen LogP contribution in [0.1, 0.15) is 30.1 Å². The second-order valence-corrected chi connectivity index (χ2v) is 8.33. The van der Waals surface area contributed by atoms with Crippen molar-refractivity contribution in [1.82, 2.24) is 19.0 Å². The molecule has 2 N–H and O–H groups in total. The fourth-order valence-corrected chi connectivity index (χ4v) is 4.71. The van der Waals surface area contributed by atoms with Gasteiger partial charge in [-0.05, 0) is 62.2 Å². The van der Waals surface area contributed by atoms with Crippen molar-refractivity contribution in [2.45, 2.75) is 32.4 Å². The van der Waals surface area contributed by atoms with Gasteiger partial charge in [0, 0.05) is 49.2 Å². The molecule has 1 aliphatic rings. The SMILES string of the molecule is CCn1c(-c2nc3cc(C(=O)N4CCC[C@@H](N)C4)ccc3n2C)cc2cc(F)ccc21.Cl. The van der Waals surface area contributed by atoms with Gasteiger partial charge in [0.15, 0.2) is 5.82 Å². The molecule has 1 aliphatic heterocycles. The van der Waals surface area contributed by atoms with E-state index in [-0.39, 0.29) is 30.2 Å². The Bertz CT molecular complexity index is 1310. The summed E-state index contributed by atoms with van der Waals surface area (Å²) in [5.41, 5.74) is 10.3. The van der Waals surface area contributed by atoms with E-state index in [4.69, 9.17) is 10.7 Å². The molecule has 3 heterocycles. The number of likely N-dealkylation sites (tertiary alicyclic amines) is 1. The number of hydrogen-bond acceptors (Lipinski definition) is 3. The number of nitrogens with zero attached hydrogens (tertiary/aromatic N) is 4. The highest BCUT2D eigenvalue weighted by Crippen LogP contribution is 2.31. The number of imidazole rings is 1. The summed E-state index contributed by atoms with van der Waals surface area (Å²) in [7, 11) is 1.97. The third kappa shape index (κ3) is 3.65. The first kappa shape index (κ1) is 22.3. The summed E-state index contributed by atoms with van der Waals surface area (Å²) >= 11 is 0. The molecule has 168 valence electrons. The van der Waals surface area contributed by atoms with Crippen LogP contribution in [-0.2, 0) is 13.6 Å². The second-order valence-electron chi connectivity index (χ2n) is 8.33. The summed E-state index contributed by atoms with van der Waals surface area (Å²) in [6, 6.07) is 12.5. The summed E-state index contributed by atoms with van der Waals surface area (Å²) in [6.45, 7) is 4.14. The average molecular weight is 456 g/mol. The molecule has 2 aromatic heterocycles. The van der Waals surface area contributed by atoms with Crippen molar-refractivity contribution in [2.24, 2.45) is 12.8 Å². The van der Waals surface area contributed by atoms with Crippen molar-refractivity contribution in [3.63, 3.8) is 0 Å². The Morgan fingerprint density at radius 3 is 2.72 bits per heavy atom. The summed E-state index contributed by atoms with van der Waals surface area (Å²) in [5.74, 6) is 0.540. The van der Waals surface area contributed by atoms with E-state index >= 15 is 0 Å². The van der Waals surface area contributed by atoms with Gasteiger partial charge in [-0.2, -0.15) is 0 Å². The maximum Gasteiger partial charge on any atom is 0.253 e. The van der Waals surface area contributed by atoms with E-state index < -0.39 is 0 Å². The highest BCUT2D eigenvalue weighted by molar-refractivity contribution is 5.98. The van der Waals surface area contributed by atoms with Crippen molar-refractivity contribution in [3.8, 4) is 11.5 Å². The van der Waals surface area contributed by atoms with Crippen molar-refractivity contribution < 1.29 is 9.18 Å². The predicted molar refractivity (Wildman–Crippen MR) is 128 cm³/mol. The number of aryl methyl sites for hydroxylation is 2. The van der Waals surface area contributed by atoms with Crippen LogP contribution in [0.4, 0.5) is 4.39 Å². The van der Waals surface area contributed by atoms with Crippen LogP contribution in [0.15, 0.2) is 42.5 Å². The monoisotopic (exact) mass is 455 g/mol. The van der Waals surface area contributed by atoms with Crippen molar-refractivity contribution >= 4 is 40.3 Å². The molecule has 1 saturated heterocycles. The van der Waals surface area contributed by atoms with E-state index in [1.165, 1.54) is 6.07 Å². The lowest BCUT2D eigenvalue weighted by atomic mass is 10.1. The minimum Gasteiger partial charge on any atom is -0.338 e. The van der Waals surface area contributed by atoms with E-state index in [0.717, 1.165) is 59.4 Å². The molecule has 2 aromatic carbocycles. The lowest BCUT2D eigenvalue weighted by Crippen LogP contribution is -2.45. The van der Waals surface area contributed by atoms with Gasteiger partial charge in [-0.15, -0.1) is 12.4 Å². The smallest absolute Gasteiger partial charge is 0.253 e. The number of benzene rings is 2. The fourth-order valence-electron chi connectivity index (χ4n) is 4.71. The number of rotatable bonds is 3. The van der Waals surface area contributed by atoms with E-state index in [2.05, 4.69) is 11.5 Å². The number of carbonyl (C=O) groups excluding carboxylic acids is 1. The minimum absolute atomic E-state index is 0. The molecule has 1 amide bonds. The lowest BCUT2D eigenvalue weighted by Gasteiger charge is -2.30. The summed E-state index contributed by atoms with van der Waals surface area (Å²) in [6.07, 6.45) is 1.90. The number of fused-ring (bicyclic) bond motifs is 2. The molecule has 8 heteroatoms. The molecule has 5 rings (SSSR count). The average Bonchev–Trinajstić information content (AvgIpc) is 3.29. The number of piperidine rings is 1. The van der Waals surface area contributed by atoms with Gasteiger partial charge < -0.3 is 19.8 Å². The van der Waals surface area contributed by atoms with Gasteiger partial charge in [-0.25, -0.2) is 9.37 Å². The molecule has 0 unspecified atom stereocenters.